The van der Waals surface area contributed by atoms with Crippen LogP contribution in [0.25, 0.3) is 11.0 Å². The minimum absolute atomic E-state index is 0.0639. The first-order valence-corrected chi connectivity index (χ1v) is 8.01. The molecule has 2 rings (SSSR count). The number of amides is 1. The van der Waals surface area contributed by atoms with Crippen molar-refractivity contribution in [2.45, 2.75) is 27.7 Å². The zero-order valence-electron chi connectivity index (χ0n) is 14.2. The predicted octanol–water partition coefficient (Wildman–Crippen LogP) is 2.48. The largest absolute Gasteiger partial charge is 0.450 e. The molecule has 1 heterocycles. The summed E-state index contributed by atoms with van der Waals surface area (Å²) in [5.41, 5.74) is 2.15. The summed E-state index contributed by atoms with van der Waals surface area (Å²) < 4.78 is 5.67. The number of nitrogens with zero attached hydrogens (tertiary/aromatic N) is 1. The van der Waals surface area contributed by atoms with Gasteiger partial charge in [-0.05, 0) is 44.1 Å². The Balaban J connectivity index is 2.20. The van der Waals surface area contributed by atoms with Crippen LogP contribution in [0.1, 0.15) is 35.5 Å². The Hall–Kier alpha value is -2.14. The first kappa shape index (κ1) is 17.2. The van der Waals surface area contributed by atoms with E-state index in [0.29, 0.717) is 17.5 Å². The van der Waals surface area contributed by atoms with Gasteiger partial charge in [-0.3, -0.25) is 9.59 Å². The normalized spacial score (nSPS) is 11.2. The molecule has 0 aliphatic rings. The number of benzene rings is 1. The van der Waals surface area contributed by atoms with Gasteiger partial charge in [0.15, 0.2) is 11.2 Å². The summed E-state index contributed by atoms with van der Waals surface area (Å²) in [6.45, 7) is 11.1. The lowest BCUT2D eigenvalue weighted by atomic mass is 10.1. The van der Waals surface area contributed by atoms with Crippen LogP contribution in [-0.4, -0.2) is 37.0 Å². The van der Waals surface area contributed by atoms with E-state index in [1.807, 2.05) is 19.9 Å². The van der Waals surface area contributed by atoms with E-state index >= 15 is 0 Å². The van der Waals surface area contributed by atoms with Crippen molar-refractivity contribution in [3.05, 3.63) is 45.3 Å². The smallest absolute Gasteiger partial charge is 0.287 e. The fraction of sp³-hybridized carbons (Fsp3) is 0.444. The summed E-state index contributed by atoms with van der Waals surface area (Å²) >= 11 is 0. The van der Waals surface area contributed by atoms with Crippen LogP contribution < -0.4 is 10.7 Å². The van der Waals surface area contributed by atoms with Gasteiger partial charge < -0.3 is 14.6 Å². The lowest BCUT2D eigenvalue weighted by molar-refractivity contribution is 0.0921. The van der Waals surface area contributed by atoms with Crippen LogP contribution in [-0.2, 0) is 0 Å². The van der Waals surface area contributed by atoms with Crippen molar-refractivity contribution in [2.24, 2.45) is 0 Å². The van der Waals surface area contributed by atoms with Gasteiger partial charge >= 0.3 is 0 Å². The molecule has 0 aliphatic carbocycles. The molecule has 0 unspecified atom stereocenters. The van der Waals surface area contributed by atoms with Crippen molar-refractivity contribution < 1.29 is 9.21 Å². The topological polar surface area (TPSA) is 62.6 Å². The highest BCUT2D eigenvalue weighted by Gasteiger charge is 2.14. The molecule has 0 bridgehead atoms. The Morgan fingerprint density at radius 1 is 1.17 bits per heavy atom. The molecule has 5 nitrogen and oxygen atoms in total. The zero-order chi connectivity index (χ0) is 17.0. The van der Waals surface area contributed by atoms with Gasteiger partial charge in [-0.15, -0.1) is 0 Å². The number of aryl methyl sites for hydroxylation is 2. The predicted molar refractivity (Wildman–Crippen MR) is 92.1 cm³/mol. The molecule has 0 saturated heterocycles. The Kier molecular flexibility index (Phi) is 5.55. The second kappa shape index (κ2) is 7.42. The van der Waals surface area contributed by atoms with Crippen molar-refractivity contribution in [2.75, 3.05) is 26.2 Å². The Labute approximate surface area is 136 Å². The number of hydrogen-bond donors (Lipinski definition) is 1. The third kappa shape index (κ3) is 3.99. The summed E-state index contributed by atoms with van der Waals surface area (Å²) in [7, 11) is 0. The van der Waals surface area contributed by atoms with Gasteiger partial charge in [0, 0.05) is 19.2 Å². The second-order valence-corrected chi connectivity index (χ2v) is 5.72. The summed E-state index contributed by atoms with van der Waals surface area (Å²) in [4.78, 5) is 26.7. The van der Waals surface area contributed by atoms with Gasteiger partial charge in [0.2, 0.25) is 0 Å². The molecule has 0 radical (unpaired) electrons. The summed E-state index contributed by atoms with van der Waals surface area (Å²) in [6.07, 6.45) is 0. The first-order valence-electron chi connectivity index (χ1n) is 8.01. The molecule has 0 atom stereocenters. The van der Waals surface area contributed by atoms with Crippen molar-refractivity contribution >= 4 is 16.9 Å². The average molecular weight is 316 g/mol. The molecule has 0 saturated carbocycles. The van der Waals surface area contributed by atoms with Crippen molar-refractivity contribution in [3.63, 3.8) is 0 Å². The standard InChI is InChI=1S/C18H24N2O3/c1-5-20(6-2)8-7-19-18(22)16-11-15(21)14-10-12(3)9-13(4)17(14)23-16/h9-11H,5-8H2,1-4H3,(H,19,22). The number of nitrogens with one attached hydrogen (secondary N) is 1. The number of fused-ring (bicyclic) bond motifs is 1. The molecule has 124 valence electrons. The molecule has 1 amide bonds. The van der Waals surface area contributed by atoms with E-state index < -0.39 is 0 Å². The van der Waals surface area contributed by atoms with Crippen LogP contribution >= 0.6 is 0 Å². The average Bonchev–Trinajstić information content (AvgIpc) is 2.52. The maximum atomic E-state index is 12.2. The molecule has 2 aromatic rings. The number of carbonyl (C=O) groups excluding carboxylic acids is 1. The Morgan fingerprint density at radius 2 is 1.87 bits per heavy atom. The molecule has 5 heteroatoms. The maximum Gasteiger partial charge on any atom is 0.287 e. The highest BCUT2D eigenvalue weighted by Crippen LogP contribution is 2.19. The highest BCUT2D eigenvalue weighted by atomic mass is 16.3. The van der Waals surface area contributed by atoms with E-state index in [2.05, 4.69) is 24.1 Å². The van der Waals surface area contributed by atoms with Gasteiger partial charge in [-0.2, -0.15) is 0 Å². The van der Waals surface area contributed by atoms with Crippen LogP contribution in [0.5, 0.6) is 0 Å². The highest BCUT2D eigenvalue weighted by molar-refractivity contribution is 5.93. The number of carbonyl (C=O) groups is 1. The number of hydrogen-bond acceptors (Lipinski definition) is 4. The molecule has 0 spiro atoms. The maximum absolute atomic E-state index is 12.2. The quantitative estimate of drug-likeness (QED) is 0.889. The van der Waals surface area contributed by atoms with E-state index in [9.17, 15) is 9.59 Å². The zero-order valence-corrected chi connectivity index (χ0v) is 14.2. The summed E-state index contributed by atoms with van der Waals surface area (Å²) in [6, 6.07) is 5.00. The van der Waals surface area contributed by atoms with Gasteiger partial charge in [0.05, 0.1) is 5.39 Å². The van der Waals surface area contributed by atoms with Crippen molar-refractivity contribution in [1.82, 2.24) is 10.2 Å². The Bertz CT molecular complexity index is 761. The molecule has 1 aromatic heterocycles. The van der Waals surface area contributed by atoms with Crippen LogP contribution in [0.4, 0.5) is 0 Å². The minimum Gasteiger partial charge on any atom is -0.450 e. The fourth-order valence-electron chi connectivity index (χ4n) is 2.68. The third-order valence-corrected chi connectivity index (χ3v) is 3.99. The summed E-state index contributed by atoms with van der Waals surface area (Å²) in [5, 5.41) is 3.32. The first-order chi connectivity index (χ1) is 11.0. The van der Waals surface area contributed by atoms with Gasteiger partial charge in [-0.1, -0.05) is 19.9 Å². The summed E-state index contributed by atoms with van der Waals surface area (Å²) in [5.74, 6) is -0.287. The van der Waals surface area contributed by atoms with E-state index in [-0.39, 0.29) is 17.1 Å². The van der Waals surface area contributed by atoms with Gasteiger partial charge in [-0.25, -0.2) is 0 Å². The second-order valence-electron chi connectivity index (χ2n) is 5.72. The van der Waals surface area contributed by atoms with Crippen LogP contribution in [0, 0.1) is 13.8 Å². The SMILES string of the molecule is CCN(CC)CCNC(=O)c1cc(=O)c2cc(C)cc(C)c2o1. The molecule has 1 aromatic carbocycles. The van der Waals surface area contributed by atoms with Crippen LogP contribution in [0.2, 0.25) is 0 Å². The molecule has 0 fully saturated rings. The van der Waals surface area contributed by atoms with Gasteiger partial charge in [0.25, 0.3) is 5.91 Å². The molecular formula is C18H24N2O3. The fourth-order valence-corrected chi connectivity index (χ4v) is 2.68. The lowest BCUT2D eigenvalue weighted by Gasteiger charge is -2.17. The van der Waals surface area contributed by atoms with E-state index in [4.69, 9.17) is 4.42 Å². The van der Waals surface area contributed by atoms with Crippen molar-refractivity contribution in [1.29, 1.82) is 0 Å². The van der Waals surface area contributed by atoms with E-state index in [1.54, 1.807) is 6.07 Å². The third-order valence-electron chi connectivity index (χ3n) is 3.99. The van der Waals surface area contributed by atoms with Crippen LogP contribution in [0.3, 0.4) is 0 Å². The number of rotatable bonds is 6. The van der Waals surface area contributed by atoms with Crippen LogP contribution in [0.15, 0.2) is 27.4 Å². The molecule has 0 aliphatic heterocycles. The molecule has 23 heavy (non-hydrogen) atoms. The van der Waals surface area contributed by atoms with E-state index in [1.165, 1.54) is 6.07 Å². The lowest BCUT2D eigenvalue weighted by Crippen LogP contribution is -2.35. The van der Waals surface area contributed by atoms with Crippen molar-refractivity contribution in [3.8, 4) is 0 Å². The molecular weight excluding hydrogens is 292 g/mol. The monoisotopic (exact) mass is 316 g/mol. The van der Waals surface area contributed by atoms with E-state index in [0.717, 1.165) is 30.8 Å². The Morgan fingerprint density at radius 3 is 2.52 bits per heavy atom. The number of likely N-dealkylation sites (N-methyl/N-ethyl adjacent to an activating group) is 1. The molecule has 1 N–H and O–H groups in total. The van der Waals surface area contributed by atoms with Gasteiger partial charge in [0.1, 0.15) is 5.58 Å². The minimum atomic E-state index is -0.351.